The maximum atomic E-state index is 12.6. The topological polar surface area (TPSA) is 69.6 Å². The summed E-state index contributed by atoms with van der Waals surface area (Å²) in [6, 6.07) is 12.1. The van der Waals surface area contributed by atoms with Crippen molar-refractivity contribution in [2.75, 3.05) is 6.54 Å². The number of aliphatic carboxylic acids is 1. The zero-order valence-corrected chi connectivity index (χ0v) is 17.3. The highest BCUT2D eigenvalue weighted by Gasteiger charge is 2.38. The molecule has 3 rings (SSSR count). The molecule has 2 N–H and O–H groups in total. The summed E-state index contributed by atoms with van der Waals surface area (Å²) in [4.78, 5) is 25.6. The summed E-state index contributed by atoms with van der Waals surface area (Å²) >= 11 is 15.7. The molecule has 1 aliphatic rings. The number of carbonyl (C=O) groups is 2. The third-order valence-corrected chi connectivity index (χ3v) is 5.68. The van der Waals surface area contributed by atoms with Crippen molar-refractivity contribution >= 4 is 51.1 Å². The van der Waals surface area contributed by atoms with Gasteiger partial charge in [0.25, 0.3) is 0 Å². The van der Waals surface area contributed by atoms with Gasteiger partial charge in [-0.3, -0.25) is 4.79 Å². The Bertz CT molecular complexity index is 861. The molecule has 2 aromatic carbocycles. The molecule has 2 amide bonds. The maximum absolute atomic E-state index is 12.6. The SMILES string of the molecule is O=C(O)CC1CNC(=O)N(Cc2ccc(Cl)cc2Cl)C1c1ccc(Br)cc1. The molecular weight excluding hydrogens is 455 g/mol. The van der Waals surface area contributed by atoms with Gasteiger partial charge in [-0.25, -0.2) is 4.79 Å². The summed E-state index contributed by atoms with van der Waals surface area (Å²) in [5.74, 6) is -1.17. The summed E-state index contributed by atoms with van der Waals surface area (Å²) in [7, 11) is 0. The van der Waals surface area contributed by atoms with Crippen LogP contribution in [0.3, 0.4) is 0 Å². The molecular formula is C19H17BrCl2N2O3. The van der Waals surface area contributed by atoms with Crippen LogP contribution >= 0.6 is 39.1 Å². The first-order valence-electron chi connectivity index (χ1n) is 8.31. The van der Waals surface area contributed by atoms with E-state index >= 15 is 0 Å². The molecule has 8 heteroatoms. The fourth-order valence-corrected chi connectivity index (χ4v) is 4.07. The molecule has 0 bridgehead atoms. The Hall–Kier alpha value is -1.76. The minimum absolute atomic E-state index is 0.0497. The maximum Gasteiger partial charge on any atom is 0.318 e. The van der Waals surface area contributed by atoms with E-state index in [0.717, 1.165) is 15.6 Å². The number of rotatable bonds is 5. The lowest BCUT2D eigenvalue weighted by molar-refractivity contribution is -0.138. The van der Waals surface area contributed by atoms with Crippen LogP contribution in [0.1, 0.15) is 23.6 Å². The van der Waals surface area contributed by atoms with Crippen LogP contribution in [0.25, 0.3) is 0 Å². The molecule has 0 spiro atoms. The number of hydrogen-bond donors (Lipinski definition) is 2. The number of benzene rings is 2. The first-order valence-corrected chi connectivity index (χ1v) is 9.85. The Labute approximate surface area is 175 Å². The van der Waals surface area contributed by atoms with E-state index in [2.05, 4.69) is 21.2 Å². The van der Waals surface area contributed by atoms with E-state index in [1.807, 2.05) is 24.3 Å². The molecule has 27 heavy (non-hydrogen) atoms. The molecule has 2 aromatic rings. The summed E-state index contributed by atoms with van der Waals surface area (Å²) in [6.45, 7) is 0.551. The summed E-state index contributed by atoms with van der Waals surface area (Å²) in [6.07, 6.45) is -0.0497. The molecule has 142 valence electrons. The van der Waals surface area contributed by atoms with Crippen LogP contribution in [0.15, 0.2) is 46.9 Å². The molecule has 5 nitrogen and oxygen atoms in total. The number of nitrogens with one attached hydrogen (secondary N) is 1. The lowest BCUT2D eigenvalue weighted by Crippen LogP contribution is -2.52. The third kappa shape index (κ3) is 4.75. The van der Waals surface area contributed by atoms with Gasteiger partial charge in [0, 0.05) is 33.5 Å². The first-order chi connectivity index (χ1) is 12.8. The van der Waals surface area contributed by atoms with Crippen molar-refractivity contribution in [1.29, 1.82) is 0 Å². The van der Waals surface area contributed by atoms with Crippen LogP contribution < -0.4 is 5.32 Å². The molecule has 0 radical (unpaired) electrons. The van der Waals surface area contributed by atoms with E-state index in [0.29, 0.717) is 16.6 Å². The van der Waals surface area contributed by atoms with E-state index in [1.165, 1.54) is 0 Å². The second-order valence-corrected chi connectivity index (χ2v) is 8.16. The van der Waals surface area contributed by atoms with Crippen molar-refractivity contribution in [2.24, 2.45) is 5.92 Å². The zero-order chi connectivity index (χ0) is 19.6. The van der Waals surface area contributed by atoms with Crippen molar-refractivity contribution in [2.45, 2.75) is 19.0 Å². The van der Waals surface area contributed by atoms with Gasteiger partial charge in [-0.1, -0.05) is 57.3 Å². The Morgan fingerprint density at radius 2 is 1.93 bits per heavy atom. The van der Waals surface area contributed by atoms with Gasteiger partial charge in [0.2, 0.25) is 0 Å². The predicted octanol–water partition coefficient (Wildman–Crippen LogP) is 5.11. The Kier molecular flexibility index (Phi) is 6.29. The van der Waals surface area contributed by atoms with Gasteiger partial charge in [-0.05, 0) is 35.4 Å². The average molecular weight is 472 g/mol. The van der Waals surface area contributed by atoms with Crippen molar-refractivity contribution in [3.8, 4) is 0 Å². The van der Waals surface area contributed by atoms with E-state index in [4.69, 9.17) is 23.2 Å². The van der Waals surface area contributed by atoms with E-state index in [9.17, 15) is 14.7 Å². The molecule has 1 fully saturated rings. The number of carboxylic acid groups (broad SMARTS) is 1. The highest BCUT2D eigenvalue weighted by molar-refractivity contribution is 9.10. The molecule has 1 saturated heterocycles. The Morgan fingerprint density at radius 3 is 2.56 bits per heavy atom. The number of urea groups is 1. The lowest BCUT2D eigenvalue weighted by atomic mass is 9.87. The predicted molar refractivity (Wildman–Crippen MR) is 108 cm³/mol. The molecule has 0 saturated carbocycles. The normalized spacial score (nSPS) is 19.7. The summed E-state index contributed by atoms with van der Waals surface area (Å²) < 4.78 is 0.911. The average Bonchev–Trinajstić information content (AvgIpc) is 2.60. The van der Waals surface area contributed by atoms with Crippen molar-refractivity contribution in [3.05, 3.63) is 68.1 Å². The number of halogens is 3. The van der Waals surface area contributed by atoms with Crippen LogP contribution in [-0.4, -0.2) is 28.6 Å². The number of carbonyl (C=O) groups excluding carboxylic acids is 1. The van der Waals surface area contributed by atoms with Crippen LogP contribution in [0.2, 0.25) is 10.0 Å². The van der Waals surface area contributed by atoms with Crippen LogP contribution in [0.5, 0.6) is 0 Å². The van der Waals surface area contributed by atoms with Gasteiger partial charge < -0.3 is 15.3 Å². The van der Waals surface area contributed by atoms with Gasteiger partial charge in [0.05, 0.1) is 12.5 Å². The number of hydrogen-bond acceptors (Lipinski definition) is 2. The fourth-order valence-electron chi connectivity index (χ4n) is 3.34. The van der Waals surface area contributed by atoms with Crippen LogP contribution in [0, 0.1) is 5.92 Å². The first kappa shape index (κ1) is 20.0. The largest absolute Gasteiger partial charge is 0.481 e. The van der Waals surface area contributed by atoms with E-state index < -0.39 is 5.97 Å². The van der Waals surface area contributed by atoms with Gasteiger partial charge >= 0.3 is 12.0 Å². The molecule has 0 aliphatic carbocycles. The quantitative estimate of drug-likeness (QED) is 0.636. The monoisotopic (exact) mass is 470 g/mol. The number of nitrogens with zero attached hydrogens (tertiary/aromatic N) is 1. The third-order valence-electron chi connectivity index (χ3n) is 4.56. The highest BCUT2D eigenvalue weighted by Crippen LogP contribution is 2.36. The minimum Gasteiger partial charge on any atom is -0.481 e. The second-order valence-electron chi connectivity index (χ2n) is 6.40. The lowest BCUT2D eigenvalue weighted by Gasteiger charge is -2.41. The zero-order valence-electron chi connectivity index (χ0n) is 14.2. The van der Waals surface area contributed by atoms with Gasteiger partial charge in [0.15, 0.2) is 0 Å². The Morgan fingerprint density at radius 1 is 1.22 bits per heavy atom. The molecule has 1 heterocycles. The number of carboxylic acids is 1. The van der Waals surface area contributed by atoms with Gasteiger partial charge in [-0.2, -0.15) is 0 Å². The van der Waals surface area contributed by atoms with Crippen LogP contribution in [-0.2, 0) is 11.3 Å². The van der Waals surface area contributed by atoms with Crippen molar-refractivity contribution in [3.63, 3.8) is 0 Å². The molecule has 0 aromatic heterocycles. The van der Waals surface area contributed by atoms with E-state index in [1.54, 1.807) is 23.1 Å². The second kappa shape index (κ2) is 8.50. The van der Waals surface area contributed by atoms with Crippen LogP contribution in [0.4, 0.5) is 4.79 Å². The van der Waals surface area contributed by atoms with Gasteiger partial charge in [0.1, 0.15) is 0 Å². The summed E-state index contributed by atoms with van der Waals surface area (Å²) in [5, 5.41) is 13.1. The van der Waals surface area contributed by atoms with Crippen molar-refractivity contribution < 1.29 is 14.7 Å². The smallest absolute Gasteiger partial charge is 0.318 e. The molecule has 2 unspecified atom stereocenters. The van der Waals surface area contributed by atoms with E-state index in [-0.39, 0.29) is 31.0 Å². The molecule has 2 atom stereocenters. The summed E-state index contributed by atoms with van der Waals surface area (Å²) in [5.41, 5.74) is 1.62. The van der Waals surface area contributed by atoms with Gasteiger partial charge in [-0.15, -0.1) is 0 Å². The number of amides is 2. The van der Waals surface area contributed by atoms with Crippen molar-refractivity contribution in [1.82, 2.24) is 10.2 Å². The standard InChI is InChI=1S/C19H17BrCl2N2O3/c20-14-4-1-11(2-5-14)18-13(7-17(25)26)9-23-19(27)24(18)10-12-3-6-15(21)8-16(12)22/h1-6,8,13,18H,7,9-10H2,(H,23,27)(H,25,26). The molecule has 1 aliphatic heterocycles. The fraction of sp³-hybridized carbons (Fsp3) is 0.263. The minimum atomic E-state index is -0.900. The Balaban J connectivity index is 1.98. The highest BCUT2D eigenvalue weighted by atomic mass is 79.9.